The van der Waals surface area contributed by atoms with E-state index in [0.29, 0.717) is 44.7 Å². The fourth-order valence-corrected chi connectivity index (χ4v) is 4.95. The number of nitrogens with one attached hydrogen (secondary N) is 1. The van der Waals surface area contributed by atoms with E-state index < -0.39 is 12.3 Å². The van der Waals surface area contributed by atoms with E-state index in [2.05, 4.69) is 9.72 Å². The average molecular weight is 623 g/mol. The first-order valence-electron chi connectivity index (χ1n) is 12.9. The molecule has 5 aromatic rings. The molecule has 0 unspecified atom stereocenters. The van der Waals surface area contributed by atoms with Crippen molar-refractivity contribution in [3.05, 3.63) is 129 Å². The quantitative estimate of drug-likeness (QED) is 0.175. The van der Waals surface area contributed by atoms with Crippen LogP contribution >= 0.6 is 23.2 Å². The number of halogens is 5. The minimum absolute atomic E-state index is 0.279. The number of carbonyl (C=O) groups excluding carboxylic acids is 1. The molecule has 10 heteroatoms. The van der Waals surface area contributed by atoms with Crippen molar-refractivity contribution in [1.82, 2.24) is 9.97 Å². The highest BCUT2D eigenvalue weighted by atomic mass is 35.5. The summed E-state index contributed by atoms with van der Waals surface area (Å²) < 4.78 is 46.6. The lowest BCUT2D eigenvalue weighted by atomic mass is 10.0. The van der Waals surface area contributed by atoms with E-state index >= 15 is 0 Å². The predicted octanol–water partition coefficient (Wildman–Crippen LogP) is 9.50. The lowest BCUT2D eigenvalue weighted by molar-refractivity contribution is -0.274. The highest BCUT2D eigenvalue weighted by molar-refractivity contribution is 6.36. The molecule has 0 spiro atoms. The Morgan fingerprint density at radius 3 is 2.33 bits per heavy atom. The molecule has 1 aromatic heterocycles. The zero-order valence-electron chi connectivity index (χ0n) is 22.6. The van der Waals surface area contributed by atoms with Crippen molar-refractivity contribution in [2.75, 3.05) is 7.11 Å². The molecular weight excluding hydrogens is 600 g/mol. The van der Waals surface area contributed by atoms with E-state index in [9.17, 15) is 18.0 Å². The maximum Gasteiger partial charge on any atom is 0.573 e. The first-order valence-corrected chi connectivity index (χ1v) is 13.7. The van der Waals surface area contributed by atoms with Crippen LogP contribution in [0.2, 0.25) is 10.0 Å². The number of hydrogen-bond acceptors (Lipinski definition) is 4. The number of rotatable bonds is 8. The largest absolute Gasteiger partial charge is 0.573 e. The predicted molar refractivity (Wildman–Crippen MR) is 162 cm³/mol. The second-order valence-corrected chi connectivity index (χ2v) is 10.3. The number of nitrogens with zero attached hydrogens (tertiary/aromatic N) is 1. The van der Waals surface area contributed by atoms with Crippen molar-refractivity contribution in [2.24, 2.45) is 0 Å². The molecule has 0 aliphatic heterocycles. The molecule has 218 valence electrons. The molecule has 0 radical (unpaired) electrons. The molecule has 5 rings (SSSR count). The molecular formula is C33H23Cl2F3N2O3. The van der Waals surface area contributed by atoms with Crippen LogP contribution in [0.5, 0.6) is 5.75 Å². The van der Waals surface area contributed by atoms with Gasteiger partial charge >= 0.3 is 12.3 Å². The smallest absolute Gasteiger partial charge is 0.465 e. The van der Waals surface area contributed by atoms with Gasteiger partial charge in [0.2, 0.25) is 0 Å². The summed E-state index contributed by atoms with van der Waals surface area (Å²) in [5.74, 6) is -0.104. The van der Waals surface area contributed by atoms with Crippen LogP contribution in [0.4, 0.5) is 13.2 Å². The second-order valence-electron chi connectivity index (χ2n) is 9.47. The monoisotopic (exact) mass is 622 g/mol. The van der Waals surface area contributed by atoms with Crippen molar-refractivity contribution in [2.45, 2.75) is 12.8 Å². The van der Waals surface area contributed by atoms with Gasteiger partial charge in [0.1, 0.15) is 11.6 Å². The molecule has 0 saturated carbocycles. The summed E-state index contributed by atoms with van der Waals surface area (Å²) in [6.07, 6.45) is -0.576. The lowest BCUT2D eigenvalue weighted by Crippen LogP contribution is -2.17. The number of imidazole rings is 1. The summed E-state index contributed by atoms with van der Waals surface area (Å²) in [5.41, 5.74) is 5.77. The van der Waals surface area contributed by atoms with Crippen LogP contribution in [0, 0.1) is 0 Å². The van der Waals surface area contributed by atoms with Gasteiger partial charge in [0.15, 0.2) is 0 Å². The molecule has 5 nitrogen and oxygen atoms in total. The first kappa shape index (κ1) is 29.9. The number of aromatic amines is 1. The van der Waals surface area contributed by atoms with Crippen molar-refractivity contribution < 1.29 is 27.4 Å². The first-order chi connectivity index (χ1) is 20.6. The fourth-order valence-electron chi connectivity index (χ4n) is 4.46. The zero-order chi connectivity index (χ0) is 30.6. The third-order valence-corrected chi connectivity index (χ3v) is 7.03. The van der Waals surface area contributed by atoms with Crippen LogP contribution in [-0.4, -0.2) is 29.4 Å². The summed E-state index contributed by atoms with van der Waals surface area (Å²) in [6.45, 7) is 0. The molecule has 43 heavy (non-hydrogen) atoms. The second kappa shape index (κ2) is 12.8. The van der Waals surface area contributed by atoms with Crippen LogP contribution in [0.3, 0.4) is 0 Å². The summed E-state index contributed by atoms with van der Waals surface area (Å²) in [5, 5.41) is 0.963. The molecule has 0 saturated heterocycles. The molecule has 4 aromatic carbocycles. The van der Waals surface area contributed by atoms with Gasteiger partial charge in [0.25, 0.3) is 0 Å². The standard InChI is InChI=1S/C33H23Cl2F3N2O3/c1-42-32(41)23-12-7-21(8-13-23)17-29-31(27-15-14-25(34)19-28(27)35)40-30(39-29)16-9-20-5-10-22(11-6-20)24-3-2-4-26(18-24)43-33(36,37)38/h2-16,18-19H,17H2,1H3,(H,39,40). The lowest BCUT2D eigenvalue weighted by Gasteiger charge is -2.10. The molecule has 1 N–H and O–H groups in total. The number of ether oxygens (including phenoxy) is 2. The van der Waals surface area contributed by atoms with Gasteiger partial charge in [-0.25, -0.2) is 9.78 Å². The zero-order valence-corrected chi connectivity index (χ0v) is 24.1. The van der Waals surface area contributed by atoms with Gasteiger partial charge in [-0.1, -0.05) is 77.8 Å². The van der Waals surface area contributed by atoms with Gasteiger partial charge < -0.3 is 14.5 Å². The van der Waals surface area contributed by atoms with Crippen LogP contribution in [0.15, 0.2) is 91.0 Å². The Morgan fingerprint density at radius 2 is 1.65 bits per heavy atom. The number of hydrogen-bond donors (Lipinski definition) is 1. The van der Waals surface area contributed by atoms with Crippen molar-refractivity contribution in [3.63, 3.8) is 0 Å². The van der Waals surface area contributed by atoms with Gasteiger partial charge in [-0.15, -0.1) is 13.2 Å². The Labute approximate surface area is 255 Å². The number of methoxy groups -OCH3 is 1. The number of H-pyrrole nitrogens is 1. The van der Waals surface area contributed by atoms with Crippen LogP contribution in [0.1, 0.15) is 33.0 Å². The Hall–Kier alpha value is -4.53. The molecule has 0 bridgehead atoms. The van der Waals surface area contributed by atoms with E-state index in [1.807, 2.05) is 54.6 Å². The maximum absolute atomic E-state index is 12.6. The van der Waals surface area contributed by atoms with Gasteiger partial charge in [-0.2, -0.15) is 0 Å². The third kappa shape index (κ3) is 7.66. The van der Waals surface area contributed by atoms with E-state index in [4.69, 9.17) is 32.9 Å². The number of alkyl halides is 3. The number of benzene rings is 4. The highest BCUT2D eigenvalue weighted by Crippen LogP contribution is 2.33. The summed E-state index contributed by atoms with van der Waals surface area (Å²) >= 11 is 12.6. The van der Waals surface area contributed by atoms with E-state index in [-0.39, 0.29) is 5.75 Å². The molecule has 0 aliphatic rings. The summed E-state index contributed by atoms with van der Waals surface area (Å²) in [6, 6.07) is 25.5. The summed E-state index contributed by atoms with van der Waals surface area (Å²) in [4.78, 5) is 20.0. The van der Waals surface area contributed by atoms with Crippen LogP contribution < -0.4 is 4.74 Å². The molecule has 0 amide bonds. The highest BCUT2D eigenvalue weighted by Gasteiger charge is 2.31. The normalized spacial score (nSPS) is 11.6. The van der Waals surface area contributed by atoms with Gasteiger partial charge in [-0.3, -0.25) is 0 Å². The molecule has 0 fully saturated rings. The third-order valence-electron chi connectivity index (χ3n) is 6.48. The minimum Gasteiger partial charge on any atom is -0.465 e. The molecule has 0 atom stereocenters. The maximum atomic E-state index is 12.6. The fraction of sp³-hybridized carbons (Fsp3) is 0.0909. The SMILES string of the molecule is COC(=O)c1ccc(Cc2[nH]c(C=Cc3ccc(-c4cccc(OC(F)(F)F)c4)cc3)nc2-c2ccc(Cl)cc2Cl)cc1. The van der Waals surface area contributed by atoms with Crippen molar-refractivity contribution >= 4 is 41.3 Å². The van der Waals surface area contributed by atoms with Gasteiger partial charge in [0, 0.05) is 22.7 Å². The van der Waals surface area contributed by atoms with E-state index in [1.54, 1.807) is 30.3 Å². The Kier molecular flexibility index (Phi) is 8.89. The number of carbonyl (C=O) groups is 1. The van der Waals surface area contributed by atoms with Gasteiger partial charge in [-0.05, 0) is 70.8 Å². The van der Waals surface area contributed by atoms with Crippen molar-refractivity contribution in [3.8, 4) is 28.1 Å². The number of aromatic nitrogens is 2. The summed E-state index contributed by atoms with van der Waals surface area (Å²) in [7, 11) is 1.34. The van der Waals surface area contributed by atoms with E-state index in [0.717, 1.165) is 22.4 Å². The average Bonchev–Trinajstić information content (AvgIpc) is 3.37. The molecule has 0 aliphatic carbocycles. The minimum atomic E-state index is -4.76. The Bertz CT molecular complexity index is 1780. The Morgan fingerprint density at radius 1 is 0.907 bits per heavy atom. The Balaban J connectivity index is 1.40. The van der Waals surface area contributed by atoms with Crippen LogP contribution in [-0.2, 0) is 11.2 Å². The van der Waals surface area contributed by atoms with E-state index in [1.165, 1.54) is 25.3 Å². The topological polar surface area (TPSA) is 64.2 Å². The van der Waals surface area contributed by atoms with Crippen molar-refractivity contribution in [1.29, 1.82) is 0 Å². The molecule has 1 heterocycles. The number of esters is 1. The van der Waals surface area contributed by atoms with Gasteiger partial charge in [0.05, 0.1) is 23.4 Å². The van der Waals surface area contributed by atoms with Crippen LogP contribution in [0.25, 0.3) is 34.5 Å².